The molecule has 4 heterocycles. The Morgan fingerprint density at radius 1 is 1.11 bits per heavy atom. The van der Waals surface area contributed by atoms with Crippen molar-refractivity contribution in [1.82, 2.24) is 14.3 Å². The molecule has 2 fully saturated rings. The van der Waals surface area contributed by atoms with Crippen LogP contribution in [0.1, 0.15) is 43.6 Å². The molecule has 2 aromatic rings. The van der Waals surface area contributed by atoms with Crippen LogP contribution in [0.15, 0.2) is 41.9 Å². The Hall–Kier alpha value is -2.79. The van der Waals surface area contributed by atoms with E-state index in [9.17, 15) is 22.2 Å². The van der Waals surface area contributed by atoms with Crippen LogP contribution < -0.4 is 4.90 Å². The molecule has 35 heavy (non-hydrogen) atoms. The van der Waals surface area contributed by atoms with Gasteiger partial charge in [0.05, 0.1) is 12.7 Å². The summed E-state index contributed by atoms with van der Waals surface area (Å²) in [5.41, 5.74) is 0.771. The van der Waals surface area contributed by atoms with E-state index in [0.29, 0.717) is 17.1 Å². The molecule has 190 valence electrons. The number of hydrogen-bond donors (Lipinski definition) is 0. The Labute approximate surface area is 205 Å². The van der Waals surface area contributed by atoms with E-state index in [4.69, 9.17) is 4.74 Å². The molecule has 0 spiro atoms. The predicted octanol–water partition coefficient (Wildman–Crippen LogP) is 4.58. The smallest absolute Gasteiger partial charge is 0.286 e. The van der Waals surface area contributed by atoms with Crippen molar-refractivity contribution in [2.75, 3.05) is 37.7 Å². The Morgan fingerprint density at radius 2 is 1.71 bits per heavy atom. The lowest BCUT2D eigenvalue weighted by Crippen LogP contribution is -2.40. The number of anilines is 1. The van der Waals surface area contributed by atoms with E-state index >= 15 is 0 Å². The van der Waals surface area contributed by atoms with Gasteiger partial charge in [-0.15, -0.1) is 0 Å². The molecule has 0 aliphatic carbocycles. The van der Waals surface area contributed by atoms with Gasteiger partial charge in [-0.05, 0) is 30.7 Å². The quantitative estimate of drug-likeness (QED) is 0.602. The van der Waals surface area contributed by atoms with E-state index in [-0.39, 0.29) is 38.2 Å². The summed E-state index contributed by atoms with van der Waals surface area (Å²) in [5, 5.41) is 1.41. The number of rotatable bonds is 3. The highest BCUT2D eigenvalue weighted by Crippen LogP contribution is 2.34. The highest BCUT2D eigenvalue weighted by Gasteiger charge is 2.35. The lowest BCUT2D eigenvalue weighted by molar-refractivity contribution is -0.0221. The number of carbonyl (C=O) groups is 1. The zero-order valence-electron chi connectivity index (χ0n) is 19.8. The van der Waals surface area contributed by atoms with Crippen molar-refractivity contribution < 1.29 is 26.9 Å². The molecule has 1 aromatic carbocycles. The molecule has 5 rings (SSSR count). The van der Waals surface area contributed by atoms with Crippen molar-refractivity contribution in [2.24, 2.45) is 0 Å². The van der Waals surface area contributed by atoms with Gasteiger partial charge >= 0.3 is 0 Å². The second-order valence-electron chi connectivity index (χ2n) is 7.76. The largest absolute Gasteiger partial charge is 0.381 e. The minimum absolute atomic E-state index is 0.0209. The lowest BCUT2D eigenvalue weighted by atomic mass is 10.1. The fourth-order valence-electron chi connectivity index (χ4n) is 3.37. The van der Waals surface area contributed by atoms with Gasteiger partial charge in [-0.1, -0.05) is 19.9 Å². The fourth-order valence-corrected chi connectivity index (χ4v) is 4.26. The summed E-state index contributed by atoms with van der Waals surface area (Å²) in [6.45, 7) is 6.37. The van der Waals surface area contributed by atoms with Crippen molar-refractivity contribution in [3.63, 3.8) is 0 Å². The topological polar surface area (TPSA) is 75.6 Å². The standard InChI is InChI=1S/C19H17F3N4O2S.C3H6O.C2H6/c20-14-4-2-13(3-5-14)16-17(25-9-6-19(21,22)7-10-25)23-12-15(24-16)18(27)26-8-1-11-29(26)28;1-2-4-3-1;1-2/h1-5,11-12H,6-10H2;1-3H2;1-2H3. The van der Waals surface area contributed by atoms with Crippen molar-refractivity contribution in [3.05, 3.63) is 53.5 Å². The number of benzene rings is 1. The van der Waals surface area contributed by atoms with Crippen LogP contribution in [0, 0.1) is 5.82 Å². The van der Waals surface area contributed by atoms with Gasteiger partial charge in [0.1, 0.15) is 28.2 Å². The van der Waals surface area contributed by atoms with E-state index in [0.717, 1.165) is 17.5 Å². The van der Waals surface area contributed by atoms with Gasteiger partial charge in [0.25, 0.3) is 11.8 Å². The molecule has 3 aliphatic rings. The van der Waals surface area contributed by atoms with Crippen molar-refractivity contribution >= 4 is 22.7 Å². The Kier molecular flexibility index (Phi) is 9.39. The van der Waals surface area contributed by atoms with Gasteiger partial charge in [-0.25, -0.2) is 31.7 Å². The van der Waals surface area contributed by atoms with E-state index in [1.165, 1.54) is 42.3 Å². The van der Waals surface area contributed by atoms with Crippen LogP contribution in [-0.4, -0.2) is 63.2 Å². The van der Waals surface area contributed by atoms with Crippen LogP contribution >= 0.6 is 0 Å². The summed E-state index contributed by atoms with van der Waals surface area (Å²) < 4.78 is 58.2. The number of ether oxygens (including phenoxy) is 1. The SMILES string of the molecule is C1COC1.CC.O=C(c1cnc(N2CCC(F)(F)CC2)c(-c2ccc(F)cc2)n1)N1CC=CS1=O. The molecule has 0 saturated carbocycles. The summed E-state index contributed by atoms with van der Waals surface area (Å²) in [7, 11) is -1.57. The number of alkyl halides is 2. The maximum absolute atomic E-state index is 13.6. The van der Waals surface area contributed by atoms with Crippen LogP contribution in [0.25, 0.3) is 11.3 Å². The van der Waals surface area contributed by atoms with Gasteiger partial charge in [0, 0.05) is 50.1 Å². The van der Waals surface area contributed by atoms with Crippen molar-refractivity contribution in [2.45, 2.75) is 39.0 Å². The first kappa shape index (κ1) is 26.8. The highest BCUT2D eigenvalue weighted by atomic mass is 32.2. The number of nitrogens with zero attached hydrogens (tertiary/aromatic N) is 4. The summed E-state index contributed by atoms with van der Waals surface area (Å²) >= 11 is 0. The maximum Gasteiger partial charge on any atom is 0.286 e. The van der Waals surface area contributed by atoms with Crippen LogP contribution in [0.2, 0.25) is 0 Å². The first-order valence-corrected chi connectivity index (χ1v) is 12.7. The van der Waals surface area contributed by atoms with Gasteiger partial charge in [0.15, 0.2) is 5.82 Å². The maximum atomic E-state index is 13.6. The zero-order valence-corrected chi connectivity index (χ0v) is 20.6. The Morgan fingerprint density at radius 3 is 2.23 bits per heavy atom. The minimum atomic E-state index is -2.72. The summed E-state index contributed by atoms with van der Waals surface area (Å²) in [5.74, 6) is -3.36. The van der Waals surface area contributed by atoms with E-state index in [1.807, 2.05) is 13.8 Å². The van der Waals surface area contributed by atoms with Gasteiger partial charge in [0.2, 0.25) is 0 Å². The number of hydrogen-bond acceptors (Lipinski definition) is 6. The zero-order chi connectivity index (χ0) is 25.4. The minimum Gasteiger partial charge on any atom is -0.381 e. The third kappa shape index (κ3) is 6.88. The molecule has 3 aliphatic heterocycles. The van der Waals surface area contributed by atoms with Gasteiger partial charge in [-0.3, -0.25) is 4.79 Å². The molecule has 0 bridgehead atoms. The Balaban J connectivity index is 0.000000508. The molecule has 1 unspecified atom stereocenters. The van der Waals surface area contributed by atoms with E-state index in [1.54, 1.807) is 11.0 Å². The first-order chi connectivity index (χ1) is 16.8. The average molecular weight is 511 g/mol. The lowest BCUT2D eigenvalue weighted by Gasteiger charge is -2.33. The molecular weight excluding hydrogens is 481 g/mol. The molecule has 7 nitrogen and oxygen atoms in total. The number of carbonyl (C=O) groups excluding carboxylic acids is 1. The summed E-state index contributed by atoms with van der Waals surface area (Å²) in [6, 6.07) is 5.48. The number of amides is 1. The van der Waals surface area contributed by atoms with Crippen LogP contribution in [0.4, 0.5) is 19.0 Å². The van der Waals surface area contributed by atoms with Crippen LogP contribution in [0.3, 0.4) is 0 Å². The molecule has 2 saturated heterocycles. The van der Waals surface area contributed by atoms with Crippen molar-refractivity contribution in [3.8, 4) is 11.3 Å². The first-order valence-electron chi connectivity index (χ1n) is 11.6. The third-order valence-corrected chi connectivity index (χ3v) is 6.56. The number of halogens is 3. The summed E-state index contributed by atoms with van der Waals surface area (Å²) in [4.78, 5) is 23.1. The Bertz CT molecular complexity index is 1050. The molecule has 1 amide bonds. The second-order valence-corrected chi connectivity index (χ2v) is 9.02. The monoisotopic (exact) mass is 510 g/mol. The normalized spacial score (nSPS) is 20.2. The average Bonchev–Trinajstić information content (AvgIpc) is 3.25. The van der Waals surface area contributed by atoms with Gasteiger partial charge in [-0.2, -0.15) is 0 Å². The van der Waals surface area contributed by atoms with Crippen LogP contribution in [0.5, 0.6) is 0 Å². The molecular formula is C24H29F3N4O3S. The molecule has 1 atom stereocenters. The fraction of sp³-hybridized carbons (Fsp3) is 0.458. The summed E-state index contributed by atoms with van der Waals surface area (Å²) in [6.07, 6.45) is 3.53. The third-order valence-electron chi connectivity index (χ3n) is 5.39. The molecule has 0 radical (unpaired) electrons. The van der Waals surface area contributed by atoms with Gasteiger partial charge < -0.3 is 9.64 Å². The second kappa shape index (κ2) is 12.3. The van der Waals surface area contributed by atoms with E-state index in [2.05, 4.69) is 9.97 Å². The van der Waals surface area contributed by atoms with Crippen molar-refractivity contribution in [1.29, 1.82) is 0 Å². The number of aromatic nitrogens is 2. The highest BCUT2D eigenvalue weighted by molar-refractivity contribution is 7.86. The molecule has 0 N–H and O–H groups in total. The molecule has 1 aromatic heterocycles. The van der Waals surface area contributed by atoms with E-state index < -0.39 is 28.6 Å². The number of piperidine rings is 1. The van der Waals surface area contributed by atoms with Crippen LogP contribution in [-0.2, 0) is 15.7 Å². The molecule has 11 heteroatoms. The predicted molar refractivity (Wildman–Crippen MR) is 129 cm³/mol.